The fraction of sp³-hybridized carbons (Fsp3) is 0.667. The average Bonchev–Trinajstić information content (AvgIpc) is 2.13. The third-order valence-electron chi connectivity index (χ3n) is 1.41. The van der Waals surface area contributed by atoms with Gasteiger partial charge in [-0.3, -0.25) is 9.59 Å². The molecule has 0 heterocycles. The van der Waals surface area contributed by atoms with Gasteiger partial charge in [0.05, 0.1) is 6.42 Å². The average molecular weight is 191 g/mol. The van der Waals surface area contributed by atoms with Crippen LogP contribution in [0.1, 0.15) is 19.3 Å². The van der Waals surface area contributed by atoms with Crippen molar-refractivity contribution < 1.29 is 19.3 Å². The van der Waals surface area contributed by atoms with Gasteiger partial charge < -0.3 is 15.4 Å². The molecule has 0 fully saturated rings. The van der Waals surface area contributed by atoms with Crippen molar-refractivity contribution in [2.24, 2.45) is 17.5 Å². The highest BCUT2D eigenvalue weighted by molar-refractivity contribution is 5.70. The highest BCUT2D eigenvalue weighted by Crippen LogP contribution is 2.00. The largest absolute Gasteiger partial charge is 0.373 e. The Hall–Kier alpha value is -1.18. The number of nitrogens with two attached hydrogens (primary N) is 3. The summed E-state index contributed by atoms with van der Waals surface area (Å²) in [6.07, 6.45) is 0.328. The first-order valence-electron chi connectivity index (χ1n) is 3.64. The molecule has 7 heteroatoms. The minimum atomic E-state index is -0.617. The van der Waals surface area contributed by atoms with Crippen LogP contribution in [0.15, 0.2) is 0 Å². The zero-order valence-electron chi connectivity index (χ0n) is 7.06. The molecule has 7 nitrogen and oxygen atoms in total. The summed E-state index contributed by atoms with van der Waals surface area (Å²) in [7, 11) is 0. The molecule has 76 valence electrons. The maximum absolute atomic E-state index is 10.6. The molecule has 6 N–H and O–H groups in total. The van der Waals surface area contributed by atoms with E-state index in [1.165, 1.54) is 0 Å². The zero-order valence-corrected chi connectivity index (χ0v) is 7.06. The van der Waals surface area contributed by atoms with E-state index < -0.39 is 18.0 Å². The van der Waals surface area contributed by atoms with Crippen LogP contribution >= 0.6 is 0 Å². The lowest BCUT2D eigenvalue weighted by atomic mass is 10.1. The Bertz CT molecular complexity index is 185. The summed E-state index contributed by atoms with van der Waals surface area (Å²) in [5, 5.41) is 0. The van der Waals surface area contributed by atoms with Gasteiger partial charge in [-0.2, -0.15) is 11.8 Å². The van der Waals surface area contributed by atoms with E-state index in [1.807, 2.05) is 0 Å². The fourth-order valence-electron chi connectivity index (χ4n) is 0.726. The first-order valence-corrected chi connectivity index (χ1v) is 3.64. The molecule has 0 saturated carbocycles. The molecule has 0 spiro atoms. The number of carbonyl (C=O) groups excluding carboxylic acids is 2. The molecule has 0 aliphatic rings. The quantitative estimate of drug-likeness (QED) is 0.442. The van der Waals surface area contributed by atoms with Crippen molar-refractivity contribution in [2.45, 2.75) is 25.3 Å². The molecular formula is C6H13N3O4. The Morgan fingerprint density at radius 2 is 1.69 bits per heavy atom. The maximum atomic E-state index is 10.6. The van der Waals surface area contributed by atoms with Crippen molar-refractivity contribution >= 4 is 11.9 Å². The van der Waals surface area contributed by atoms with Gasteiger partial charge in [0.15, 0.2) is 0 Å². The molecule has 0 amide bonds. The summed E-state index contributed by atoms with van der Waals surface area (Å²) >= 11 is 0. The Morgan fingerprint density at radius 3 is 2.15 bits per heavy atom. The molecule has 0 aliphatic carbocycles. The van der Waals surface area contributed by atoms with Crippen molar-refractivity contribution in [3.8, 4) is 0 Å². The summed E-state index contributed by atoms with van der Waals surface area (Å²) in [6, 6.07) is -0.477. The zero-order chi connectivity index (χ0) is 10.3. The van der Waals surface area contributed by atoms with Crippen molar-refractivity contribution in [3.05, 3.63) is 0 Å². The van der Waals surface area contributed by atoms with E-state index in [2.05, 4.69) is 21.5 Å². The first-order chi connectivity index (χ1) is 6.10. The topological polar surface area (TPSA) is 131 Å². The normalized spacial score (nSPS) is 11.9. The van der Waals surface area contributed by atoms with Gasteiger partial charge in [0.2, 0.25) is 0 Å². The molecule has 0 aliphatic heterocycles. The molecular weight excluding hydrogens is 178 g/mol. The molecule has 0 rings (SSSR count). The van der Waals surface area contributed by atoms with Crippen LogP contribution in [0.4, 0.5) is 0 Å². The van der Waals surface area contributed by atoms with Gasteiger partial charge in [-0.05, 0) is 6.42 Å². The van der Waals surface area contributed by atoms with Gasteiger partial charge in [-0.15, -0.1) is 0 Å². The molecule has 0 radical (unpaired) electrons. The molecule has 0 bridgehead atoms. The lowest BCUT2D eigenvalue weighted by Crippen LogP contribution is -2.27. The highest BCUT2D eigenvalue weighted by atomic mass is 16.7. The fourth-order valence-corrected chi connectivity index (χ4v) is 0.726. The van der Waals surface area contributed by atoms with E-state index in [9.17, 15) is 9.59 Å². The monoisotopic (exact) mass is 191 g/mol. The summed E-state index contributed by atoms with van der Waals surface area (Å²) in [4.78, 5) is 28.9. The molecule has 13 heavy (non-hydrogen) atoms. The van der Waals surface area contributed by atoms with Gasteiger partial charge in [0, 0.05) is 12.5 Å². The van der Waals surface area contributed by atoms with Gasteiger partial charge in [-0.25, -0.2) is 0 Å². The standard InChI is InChI=1S/C6H13N3O4/c7-4(3-6(11)13-9)1-2-5(10)12-8/h4H,1-3,7-9H2. The van der Waals surface area contributed by atoms with E-state index in [-0.39, 0.29) is 12.8 Å². The van der Waals surface area contributed by atoms with Crippen molar-refractivity contribution in [3.63, 3.8) is 0 Å². The second-order valence-corrected chi connectivity index (χ2v) is 2.48. The smallest absolute Gasteiger partial charge is 0.325 e. The third kappa shape index (κ3) is 6.02. The summed E-state index contributed by atoms with van der Waals surface area (Å²) in [5.41, 5.74) is 5.45. The van der Waals surface area contributed by atoms with Crippen LogP contribution in [0.25, 0.3) is 0 Å². The van der Waals surface area contributed by atoms with Crippen LogP contribution < -0.4 is 17.5 Å². The maximum Gasteiger partial charge on any atom is 0.325 e. The van der Waals surface area contributed by atoms with Gasteiger partial charge in [-0.1, -0.05) is 0 Å². The lowest BCUT2D eigenvalue weighted by molar-refractivity contribution is -0.146. The minimum Gasteiger partial charge on any atom is -0.373 e. The SMILES string of the molecule is NOC(=O)CCC(N)CC(=O)ON. The van der Waals surface area contributed by atoms with Gasteiger partial charge in [0.25, 0.3) is 0 Å². The number of hydrogen-bond acceptors (Lipinski definition) is 7. The lowest BCUT2D eigenvalue weighted by Gasteiger charge is -2.07. The molecule has 1 unspecified atom stereocenters. The predicted molar refractivity (Wildman–Crippen MR) is 42.4 cm³/mol. The number of rotatable bonds is 5. The molecule has 1 atom stereocenters. The van der Waals surface area contributed by atoms with Crippen molar-refractivity contribution in [1.29, 1.82) is 0 Å². The number of carbonyl (C=O) groups is 2. The van der Waals surface area contributed by atoms with Crippen LogP contribution in [0.3, 0.4) is 0 Å². The van der Waals surface area contributed by atoms with Gasteiger partial charge in [0.1, 0.15) is 0 Å². The van der Waals surface area contributed by atoms with E-state index in [4.69, 9.17) is 5.73 Å². The summed E-state index contributed by atoms with van der Waals surface area (Å²) < 4.78 is 0. The molecule has 0 aromatic heterocycles. The van der Waals surface area contributed by atoms with Gasteiger partial charge >= 0.3 is 11.9 Å². The van der Waals surface area contributed by atoms with Crippen LogP contribution in [0, 0.1) is 0 Å². The Morgan fingerprint density at radius 1 is 1.15 bits per heavy atom. The van der Waals surface area contributed by atoms with Crippen LogP contribution in [-0.4, -0.2) is 18.0 Å². The summed E-state index contributed by atoms with van der Waals surface area (Å²) in [5.74, 6) is 7.98. The van der Waals surface area contributed by atoms with Crippen LogP contribution in [-0.2, 0) is 19.3 Å². The molecule has 0 saturated heterocycles. The minimum absolute atomic E-state index is 0.0334. The van der Waals surface area contributed by atoms with Crippen LogP contribution in [0.5, 0.6) is 0 Å². The molecule has 0 aromatic carbocycles. The Kier molecular flexibility index (Phi) is 5.77. The first kappa shape index (κ1) is 11.8. The van der Waals surface area contributed by atoms with Crippen molar-refractivity contribution in [1.82, 2.24) is 0 Å². The predicted octanol–water partition coefficient (Wildman–Crippen LogP) is -1.68. The van der Waals surface area contributed by atoms with Crippen LogP contribution in [0.2, 0.25) is 0 Å². The summed E-state index contributed by atoms with van der Waals surface area (Å²) in [6.45, 7) is 0. The van der Waals surface area contributed by atoms with E-state index in [0.717, 1.165) is 0 Å². The molecule has 0 aromatic rings. The van der Waals surface area contributed by atoms with Crippen molar-refractivity contribution in [2.75, 3.05) is 0 Å². The third-order valence-corrected chi connectivity index (χ3v) is 1.41. The van der Waals surface area contributed by atoms with E-state index in [0.29, 0.717) is 6.42 Å². The second-order valence-electron chi connectivity index (χ2n) is 2.48. The Labute approximate surface area is 75.0 Å². The number of hydrogen-bond donors (Lipinski definition) is 3. The van der Waals surface area contributed by atoms with E-state index in [1.54, 1.807) is 0 Å². The second kappa shape index (κ2) is 6.35. The van der Waals surface area contributed by atoms with E-state index >= 15 is 0 Å². The Balaban J connectivity index is 3.56. The highest BCUT2D eigenvalue weighted by Gasteiger charge is 2.12.